The van der Waals surface area contributed by atoms with Crippen molar-refractivity contribution in [2.75, 3.05) is 13.6 Å². The summed E-state index contributed by atoms with van der Waals surface area (Å²) >= 11 is 0. The van der Waals surface area contributed by atoms with E-state index in [4.69, 9.17) is 0 Å². The van der Waals surface area contributed by atoms with Gasteiger partial charge in [0.15, 0.2) is 0 Å². The molecule has 0 bridgehead atoms. The third kappa shape index (κ3) is 5.50. The van der Waals surface area contributed by atoms with Gasteiger partial charge in [0.1, 0.15) is 5.82 Å². The molecule has 0 saturated carbocycles. The van der Waals surface area contributed by atoms with Gasteiger partial charge in [-0.3, -0.25) is 0 Å². The molecule has 1 aromatic heterocycles. The average Bonchev–Trinajstić information content (AvgIpc) is 2.67. The molecule has 0 radical (unpaired) electrons. The van der Waals surface area contributed by atoms with Gasteiger partial charge >= 0.3 is 0 Å². The molecule has 1 heterocycles. The molecular formula is C15H29N3. The van der Waals surface area contributed by atoms with Crippen molar-refractivity contribution in [2.45, 2.75) is 48.0 Å². The summed E-state index contributed by atoms with van der Waals surface area (Å²) in [6, 6.07) is 0. The molecule has 0 fully saturated rings. The number of rotatable bonds is 5. The summed E-state index contributed by atoms with van der Waals surface area (Å²) in [7, 11) is 2.00. The first-order chi connectivity index (χ1) is 8.54. The van der Waals surface area contributed by atoms with E-state index in [1.807, 2.05) is 34.7 Å². The van der Waals surface area contributed by atoms with Crippen molar-refractivity contribution in [3.05, 3.63) is 23.3 Å². The van der Waals surface area contributed by atoms with Gasteiger partial charge in [-0.1, -0.05) is 26.3 Å². The molecular weight excluding hydrogens is 222 g/mol. The molecule has 0 aliphatic heterocycles. The van der Waals surface area contributed by atoms with E-state index >= 15 is 0 Å². The van der Waals surface area contributed by atoms with Crippen molar-refractivity contribution in [1.82, 2.24) is 14.9 Å². The predicted octanol–water partition coefficient (Wildman–Crippen LogP) is 3.63. The van der Waals surface area contributed by atoms with Gasteiger partial charge in [-0.05, 0) is 46.7 Å². The van der Waals surface area contributed by atoms with Crippen molar-refractivity contribution >= 4 is 6.20 Å². The summed E-state index contributed by atoms with van der Waals surface area (Å²) in [4.78, 5) is 4.39. The second kappa shape index (κ2) is 8.92. The summed E-state index contributed by atoms with van der Waals surface area (Å²) in [5, 5.41) is 3.19. The zero-order valence-electron chi connectivity index (χ0n) is 13.0. The highest BCUT2D eigenvalue weighted by Crippen LogP contribution is 2.15. The SMILES string of the molecule is CC.CNCCC(C)/C(C)=C/n1cc(C)nc1C. The molecule has 0 amide bonds. The molecule has 0 spiro atoms. The fraction of sp³-hybridized carbons (Fsp3) is 0.667. The molecule has 0 aliphatic rings. The highest BCUT2D eigenvalue weighted by Gasteiger charge is 2.05. The summed E-state index contributed by atoms with van der Waals surface area (Å²) in [6.07, 6.45) is 5.44. The lowest BCUT2D eigenvalue weighted by atomic mass is 10.00. The molecule has 1 aromatic rings. The quantitative estimate of drug-likeness (QED) is 0.866. The Morgan fingerprint density at radius 3 is 2.50 bits per heavy atom. The normalized spacial score (nSPS) is 12.9. The predicted molar refractivity (Wildman–Crippen MR) is 80.7 cm³/mol. The lowest BCUT2D eigenvalue weighted by molar-refractivity contribution is 0.585. The van der Waals surface area contributed by atoms with E-state index < -0.39 is 0 Å². The smallest absolute Gasteiger partial charge is 0.109 e. The summed E-state index contributed by atoms with van der Waals surface area (Å²) in [6.45, 7) is 13.6. The van der Waals surface area contributed by atoms with Crippen LogP contribution in [0.5, 0.6) is 0 Å². The maximum absolute atomic E-state index is 4.39. The molecule has 1 rings (SSSR count). The Bertz CT molecular complexity index is 364. The Balaban J connectivity index is 0.00000137. The van der Waals surface area contributed by atoms with Gasteiger partial charge < -0.3 is 9.88 Å². The maximum atomic E-state index is 4.39. The fourth-order valence-electron chi connectivity index (χ4n) is 1.70. The van der Waals surface area contributed by atoms with Crippen LogP contribution >= 0.6 is 0 Å². The first-order valence-electron chi connectivity index (χ1n) is 6.89. The number of aromatic nitrogens is 2. The molecule has 0 saturated heterocycles. The molecule has 104 valence electrons. The minimum atomic E-state index is 0.606. The summed E-state index contributed by atoms with van der Waals surface area (Å²) in [5.41, 5.74) is 2.47. The van der Waals surface area contributed by atoms with Crippen LogP contribution < -0.4 is 5.32 Å². The first kappa shape index (κ1) is 16.9. The van der Waals surface area contributed by atoms with Crippen molar-refractivity contribution in [1.29, 1.82) is 0 Å². The Kier molecular flexibility index (Phi) is 8.38. The lowest BCUT2D eigenvalue weighted by Gasteiger charge is -2.12. The Labute approximate surface area is 112 Å². The molecule has 0 aromatic carbocycles. The Hall–Kier alpha value is -1.09. The second-order valence-corrected chi connectivity index (χ2v) is 4.50. The van der Waals surface area contributed by atoms with Crippen LogP contribution in [0, 0.1) is 19.8 Å². The van der Waals surface area contributed by atoms with E-state index in [1.54, 1.807) is 0 Å². The second-order valence-electron chi connectivity index (χ2n) is 4.50. The van der Waals surface area contributed by atoms with Gasteiger partial charge in [-0.2, -0.15) is 0 Å². The van der Waals surface area contributed by atoms with Crippen LogP contribution in [0.4, 0.5) is 0 Å². The van der Waals surface area contributed by atoms with E-state index in [0.29, 0.717) is 5.92 Å². The van der Waals surface area contributed by atoms with Gasteiger partial charge in [0.05, 0.1) is 5.69 Å². The number of allylic oxidation sites excluding steroid dienone is 1. The van der Waals surface area contributed by atoms with Gasteiger partial charge in [0.25, 0.3) is 0 Å². The van der Waals surface area contributed by atoms with Crippen LogP contribution in [0.2, 0.25) is 0 Å². The highest BCUT2D eigenvalue weighted by atomic mass is 15.0. The molecule has 1 atom stereocenters. The Morgan fingerprint density at radius 2 is 2.06 bits per heavy atom. The van der Waals surface area contributed by atoms with Crippen molar-refractivity contribution in [2.24, 2.45) is 5.92 Å². The van der Waals surface area contributed by atoms with Crippen molar-refractivity contribution in [3.63, 3.8) is 0 Å². The maximum Gasteiger partial charge on any atom is 0.109 e. The van der Waals surface area contributed by atoms with E-state index in [-0.39, 0.29) is 0 Å². The molecule has 18 heavy (non-hydrogen) atoms. The fourth-order valence-corrected chi connectivity index (χ4v) is 1.70. The lowest BCUT2D eigenvalue weighted by Crippen LogP contribution is -2.12. The van der Waals surface area contributed by atoms with Crippen molar-refractivity contribution in [3.8, 4) is 0 Å². The summed E-state index contributed by atoms with van der Waals surface area (Å²) < 4.78 is 2.11. The van der Waals surface area contributed by atoms with E-state index in [1.165, 1.54) is 12.0 Å². The standard InChI is InChI=1S/C13H23N3.C2H6/c1-10(6-7-14-5)11(2)8-16-9-12(3)15-13(16)4;1-2/h8-10,14H,6-7H2,1-5H3;1-2H3/b11-8+;. The van der Waals surface area contributed by atoms with Gasteiger partial charge in [-0.25, -0.2) is 4.98 Å². The topological polar surface area (TPSA) is 29.9 Å². The average molecular weight is 251 g/mol. The third-order valence-electron chi connectivity index (χ3n) is 2.99. The number of hydrogen-bond acceptors (Lipinski definition) is 2. The van der Waals surface area contributed by atoms with E-state index in [0.717, 1.165) is 18.1 Å². The van der Waals surface area contributed by atoms with Gasteiger partial charge in [-0.15, -0.1) is 0 Å². The van der Waals surface area contributed by atoms with Gasteiger partial charge in [0.2, 0.25) is 0 Å². The van der Waals surface area contributed by atoms with Crippen LogP contribution in [0.1, 0.15) is 45.6 Å². The Morgan fingerprint density at radius 1 is 1.44 bits per heavy atom. The van der Waals surface area contributed by atoms with E-state index in [9.17, 15) is 0 Å². The minimum absolute atomic E-state index is 0.606. The van der Waals surface area contributed by atoms with E-state index in [2.05, 4.69) is 41.1 Å². The highest BCUT2D eigenvalue weighted by molar-refractivity contribution is 5.33. The van der Waals surface area contributed by atoms with Crippen LogP contribution in [-0.2, 0) is 0 Å². The number of aryl methyl sites for hydroxylation is 2. The minimum Gasteiger partial charge on any atom is -0.320 e. The first-order valence-corrected chi connectivity index (χ1v) is 6.89. The molecule has 0 aliphatic carbocycles. The molecule has 3 heteroatoms. The van der Waals surface area contributed by atoms with Crippen LogP contribution in [0.3, 0.4) is 0 Å². The van der Waals surface area contributed by atoms with Crippen molar-refractivity contribution < 1.29 is 0 Å². The largest absolute Gasteiger partial charge is 0.320 e. The monoisotopic (exact) mass is 251 g/mol. The van der Waals surface area contributed by atoms with Crippen LogP contribution in [0.25, 0.3) is 6.20 Å². The molecule has 1 unspecified atom stereocenters. The summed E-state index contributed by atoms with van der Waals surface area (Å²) in [5.74, 6) is 1.66. The molecule has 3 nitrogen and oxygen atoms in total. The molecule has 1 N–H and O–H groups in total. The van der Waals surface area contributed by atoms with Crippen LogP contribution in [0.15, 0.2) is 11.8 Å². The number of hydrogen-bond donors (Lipinski definition) is 1. The number of nitrogens with one attached hydrogen (secondary N) is 1. The van der Waals surface area contributed by atoms with Crippen LogP contribution in [-0.4, -0.2) is 23.1 Å². The zero-order chi connectivity index (χ0) is 14.1. The number of imidazole rings is 1. The number of nitrogens with zero attached hydrogens (tertiary/aromatic N) is 2. The zero-order valence-corrected chi connectivity index (χ0v) is 13.0. The van der Waals surface area contributed by atoms with Gasteiger partial charge in [0, 0.05) is 12.4 Å². The third-order valence-corrected chi connectivity index (χ3v) is 2.99.